The van der Waals surface area contributed by atoms with E-state index in [1.807, 2.05) is 25.9 Å². The molecule has 140 valence electrons. The number of sulfonamides is 1. The van der Waals surface area contributed by atoms with E-state index in [4.69, 9.17) is 4.74 Å². The lowest BCUT2D eigenvalue weighted by Gasteiger charge is -2.27. The number of rotatable bonds is 7. The van der Waals surface area contributed by atoms with Crippen molar-refractivity contribution in [3.63, 3.8) is 0 Å². The Morgan fingerprint density at radius 1 is 1.28 bits per heavy atom. The molecule has 0 atom stereocenters. The van der Waals surface area contributed by atoms with Crippen molar-refractivity contribution in [1.82, 2.24) is 4.31 Å². The Labute approximate surface area is 150 Å². The highest BCUT2D eigenvalue weighted by Gasteiger charge is 2.27. The number of anilines is 2. The maximum atomic E-state index is 12.8. The fraction of sp³-hybridized carbons (Fsp3) is 0.588. The van der Waals surface area contributed by atoms with Gasteiger partial charge in [0.2, 0.25) is 15.9 Å². The van der Waals surface area contributed by atoms with Crippen LogP contribution in [0.3, 0.4) is 0 Å². The molecule has 1 aromatic rings. The molecule has 1 aliphatic rings. The fourth-order valence-electron chi connectivity index (χ4n) is 2.65. The number of unbranched alkanes of at least 4 members (excludes halogenated alkanes) is 1. The Balaban J connectivity index is 2.31. The van der Waals surface area contributed by atoms with Crippen molar-refractivity contribution < 1.29 is 17.9 Å². The van der Waals surface area contributed by atoms with Crippen LogP contribution in [0.1, 0.15) is 26.2 Å². The van der Waals surface area contributed by atoms with Crippen LogP contribution in [-0.4, -0.2) is 59.0 Å². The molecule has 0 aliphatic carbocycles. The van der Waals surface area contributed by atoms with Gasteiger partial charge < -0.3 is 15.0 Å². The summed E-state index contributed by atoms with van der Waals surface area (Å²) in [5.74, 6) is -0.106. The van der Waals surface area contributed by atoms with E-state index < -0.39 is 10.0 Å². The smallest absolute Gasteiger partial charge is 0.243 e. The fourth-order valence-corrected chi connectivity index (χ4v) is 4.09. The minimum absolute atomic E-state index is 0.106. The van der Waals surface area contributed by atoms with Crippen LogP contribution < -0.4 is 10.2 Å². The van der Waals surface area contributed by atoms with Gasteiger partial charge in [-0.3, -0.25) is 4.79 Å². The highest BCUT2D eigenvalue weighted by molar-refractivity contribution is 7.89. The molecule has 0 spiro atoms. The Kier molecular flexibility index (Phi) is 6.80. The first-order chi connectivity index (χ1) is 11.9. The lowest BCUT2D eigenvalue weighted by atomic mass is 10.2. The molecule has 0 saturated carbocycles. The van der Waals surface area contributed by atoms with Crippen molar-refractivity contribution in [2.24, 2.45) is 0 Å². The predicted molar refractivity (Wildman–Crippen MR) is 98.5 cm³/mol. The van der Waals surface area contributed by atoms with Gasteiger partial charge in [0.25, 0.3) is 0 Å². The van der Waals surface area contributed by atoms with Crippen molar-refractivity contribution in [2.75, 3.05) is 50.6 Å². The van der Waals surface area contributed by atoms with E-state index >= 15 is 0 Å². The number of carbonyl (C=O) groups excluding carboxylic acids is 1. The molecule has 1 fully saturated rings. The SMILES string of the molecule is CCCCC(=O)Nc1cc(S(=O)(=O)N2CCOCC2)ccc1N(C)C. The zero-order chi connectivity index (χ0) is 18.4. The Bertz CT molecular complexity index is 698. The molecular weight excluding hydrogens is 342 g/mol. The van der Waals surface area contributed by atoms with E-state index in [-0.39, 0.29) is 10.8 Å². The number of benzene rings is 1. The Hall–Kier alpha value is -1.64. The van der Waals surface area contributed by atoms with Crippen LogP contribution in [0.4, 0.5) is 11.4 Å². The standard InChI is InChI=1S/C17H27N3O4S/c1-4-5-6-17(21)18-15-13-14(7-8-16(15)19(2)3)25(22,23)20-9-11-24-12-10-20/h7-8,13H,4-6,9-12H2,1-3H3,(H,18,21). The van der Waals surface area contributed by atoms with Gasteiger partial charge in [0.1, 0.15) is 0 Å². The third-order valence-corrected chi connectivity index (χ3v) is 5.98. The highest BCUT2D eigenvalue weighted by Crippen LogP contribution is 2.29. The summed E-state index contributed by atoms with van der Waals surface area (Å²) in [6.07, 6.45) is 2.15. The second-order valence-corrected chi connectivity index (χ2v) is 8.18. The van der Waals surface area contributed by atoms with Gasteiger partial charge in [0, 0.05) is 33.6 Å². The van der Waals surface area contributed by atoms with Crippen LogP contribution >= 0.6 is 0 Å². The summed E-state index contributed by atoms with van der Waals surface area (Å²) < 4.78 is 32.3. The predicted octanol–water partition coefficient (Wildman–Crippen LogP) is 1.90. The summed E-state index contributed by atoms with van der Waals surface area (Å²) in [7, 11) is 0.112. The monoisotopic (exact) mass is 369 g/mol. The van der Waals surface area contributed by atoms with Crippen molar-refractivity contribution in [3.8, 4) is 0 Å². The lowest BCUT2D eigenvalue weighted by molar-refractivity contribution is -0.116. The average molecular weight is 369 g/mol. The average Bonchev–Trinajstić information content (AvgIpc) is 2.60. The molecule has 2 rings (SSSR count). The first-order valence-corrected chi connectivity index (χ1v) is 9.99. The quantitative estimate of drug-likeness (QED) is 0.794. The molecule has 0 unspecified atom stereocenters. The zero-order valence-corrected chi connectivity index (χ0v) is 15.9. The zero-order valence-electron chi connectivity index (χ0n) is 15.1. The first-order valence-electron chi connectivity index (χ1n) is 8.55. The number of amides is 1. The van der Waals surface area contributed by atoms with E-state index in [1.165, 1.54) is 4.31 Å². The van der Waals surface area contributed by atoms with Gasteiger partial charge in [-0.05, 0) is 24.6 Å². The van der Waals surface area contributed by atoms with Gasteiger partial charge in [0.05, 0.1) is 29.5 Å². The maximum absolute atomic E-state index is 12.8. The summed E-state index contributed by atoms with van der Waals surface area (Å²) in [4.78, 5) is 14.1. The number of carbonyl (C=O) groups is 1. The Morgan fingerprint density at radius 3 is 2.56 bits per heavy atom. The summed E-state index contributed by atoms with van der Waals surface area (Å²) in [5.41, 5.74) is 1.28. The van der Waals surface area contributed by atoms with Crippen molar-refractivity contribution >= 4 is 27.3 Å². The van der Waals surface area contributed by atoms with Crippen LogP contribution in [0.15, 0.2) is 23.1 Å². The molecule has 1 saturated heterocycles. The van der Waals surface area contributed by atoms with Crippen LogP contribution in [0.25, 0.3) is 0 Å². The number of hydrogen-bond acceptors (Lipinski definition) is 5. The summed E-state index contributed by atoms with van der Waals surface area (Å²) in [6.45, 7) is 3.51. The molecule has 0 aromatic heterocycles. The van der Waals surface area contributed by atoms with Crippen molar-refractivity contribution in [3.05, 3.63) is 18.2 Å². The van der Waals surface area contributed by atoms with Crippen molar-refractivity contribution in [2.45, 2.75) is 31.1 Å². The number of morpholine rings is 1. The second kappa shape index (κ2) is 8.64. The minimum Gasteiger partial charge on any atom is -0.379 e. The topological polar surface area (TPSA) is 79.0 Å². The van der Waals surface area contributed by atoms with E-state index in [2.05, 4.69) is 5.32 Å². The van der Waals surface area contributed by atoms with Crippen LogP contribution in [0.5, 0.6) is 0 Å². The van der Waals surface area contributed by atoms with E-state index in [9.17, 15) is 13.2 Å². The van der Waals surface area contributed by atoms with Gasteiger partial charge >= 0.3 is 0 Å². The molecule has 1 amide bonds. The lowest BCUT2D eigenvalue weighted by Crippen LogP contribution is -2.40. The van der Waals surface area contributed by atoms with Gasteiger partial charge in [-0.2, -0.15) is 4.31 Å². The van der Waals surface area contributed by atoms with E-state index in [0.717, 1.165) is 18.5 Å². The van der Waals surface area contributed by atoms with E-state index in [0.29, 0.717) is 38.4 Å². The van der Waals surface area contributed by atoms with Crippen LogP contribution in [0.2, 0.25) is 0 Å². The first kappa shape index (κ1) is 19.7. The molecular formula is C17H27N3O4S. The molecule has 8 heteroatoms. The highest BCUT2D eigenvalue weighted by atomic mass is 32.2. The van der Waals surface area contributed by atoms with Crippen molar-refractivity contribution in [1.29, 1.82) is 0 Å². The third kappa shape index (κ3) is 4.93. The minimum atomic E-state index is -3.60. The van der Waals surface area contributed by atoms with Gasteiger partial charge in [0.15, 0.2) is 0 Å². The molecule has 1 aromatic carbocycles. The normalized spacial score (nSPS) is 15.8. The van der Waals surface area contributed by atoms with Gasteiger partial charge in [-0.15, -0.1) is 0 Å². The molecule has 0 bridgehead atoms. The molecule has 1 N–H and O–H groups in total. The number of nitrogens with one attached hydrogen (secondary N) is 1. The van der Waals surface area contributed by atoms with E-state index in [1.54, 1.807) is 18.2 Å². The largest absolute Gasteiger partial charge is 0.379 e. The van der Waals surface area contributed by atoms with Crippen LogP contribution in [-0.2, 0) is 19.6 Å². The third-order valence-electron chi connectivity index (χ3n) is 4.09. The summed E-state index contributed by atoms with van der Waals surface area (Å²) in [6, 6.07) is 4.86. The molecule has 1 aliphatic heterocycles. The number of ether oxygens (including phenoxy) is 1. The molecule has 7 nitrogen and oxygen atoms in total. The van der Waals surface area contributed by atoms with Gasteiger partial charge in [-0.1, -0.05) is 13.3 Å². The Morgan fingerprint density at radius 2 is 1.96 bits per heavy atom. The molecule has 25 heavy (non-hydrogen) atoms. The maximum Gasteiger partial charge on any atom is 0.243 e. The van der Waals surface area contributed by atoms with Gasteiger partial charge in [-0.25, -0.2) is 8.42 Å². The molecule has 0 radical (unpaired) electrons. The summed E-state index contributed by atoms with van der Waals surface area (Å²) >= 11 is 0. The number of nitrogens with zero attached hydrogens (tertiary/aromatic N) is 2. The van der Waals surface area contributed by atoms with Crippen LogP contribution in [0, 0.1) is 0 Å². The second-order valence-electron chi connectivity index (χ2n) is 6.24. The molecule has 1 heterocycles. The summed E-state index contributed by atoms with van der Waals surface area (Å²) in [5, 5.41) is 2.85. The number of hydrogen-bond donors (Lipinski definition) is 1.